The second-order valence-electron chi connectivity index (χ2n) is 18.5. The van der Waals surface area contributed by atoms with Crippen LogP contribution in [0.4, 0.5) is 17.1 Å². The van der Waals surface area contributed by atoms with Crippen LogP contribution in [0.15, 0.2) is 193 Å². The van der Waals surface area contributed by atoms with Crippen LogP contribution in [0.25, 0.3) is 33.4 Å². The summed E-state index contributed by atoms with van der Waals surface area (Å²) in [5.74, 6) is 0. The van der Waals surface area contributed by atoms with Crippen molar-refractivity contribution in [3.05, 3.63) is 186 Å². The molecule has 1 nitrogen and oxygen atoms in total. The summed E-state index contributed by atoms with van der Waals surface area (Å²) in [6.45, 7) is 14.8. The molecule has 0 radical (unpaired) electrons. The summed E-state index contributed by atoms with van der Waals surface area (Å²) in [6, 6.07) is 62.2. The molecule has 296 valence electrons. The van der Waals surface area contributed by atoms with Crippen molar-refractivity contribution >= 4 is 70.8 Å². The molecule has 0 saturated carbocycles. The molecule has 0 N–H and O–H groups in total. The molecule has 0 atom stereocenters. The van der Waals surface area contributed by atoms with Gasteiger partial charge >= 0.3 is 0 Å². The molecule has 8 aromatic carbocycles. The van der Waals surface area contributed by atoms with Gasteiger partial charge in [0.25, 0.3) is 0 Å². The number of hydrogen-bond acceptors (Lipinski definition) is 4. The summed E-state index contributed by atoms with van der Waals surface area (Å²) in [7, 11) is -1.89. The fraction of sp³-hybridized carbons (Fsp3) is 0.143. The highest BCUT2D eigenvalue weighted by atomic mass is 32.2. The van der Waals surface area contributed by atoms with Crippen LogP contribution in [0.5, 0.6) is 0 Å². The fourth-order valence-corrected chi connectivity index (χ4v) is 18.6. The number of nitrogens with zero attached hydrogens (tertiary/aromatic N) is 1. The molecule has 0 aromatic heterocycles. The van der Waals surface area contributed by atoms with E-state index in [9.17, 15) is 0 Å². The highest BCUT2D eigenvalue weighted by molar-refractivity contribution is 8.05. The Hall–Kier alpha value is -5.17. The van der Waals surface area contributed by atoms with Gasteiger partial charge in [0, 0.05) is 62.8 Å². The van der Waals surface area contributed by atoms with Gasteiger partial charge in [0.15, 0.2) is 0 Å². The minimum Gasteiger partial charge on any atom is -0.310 e. The fourth-order valence-electron chi connectivity index (χ4n) is 10.7. The molecule has 0 unspecified atom stereocenters. The summed E-state index contributed by atoms with van der Waals surface area (Å²) < 4.78 is 0. The van der Waals surface area contributed by atoms with Crippen LogP contribution in [-0.4, -0.2) is 8.07 Å². The first-order valence-corrected chi connectivity index (χ1v) is 26.8. The second-order valence-corrected chi connectivity index (χ2v) is 26.0. The minimum atomic E-state index is -1.89. The van der Waals surface area contributed by atoms with Crippen LogP contribution in [0.2, 0.25) is 13.1 Å². The smallest absolute Gasteiger partial charge is 0.115 e. The van der Waals surface area contributed by atoms with Gasteiger partial charge in [-0.1, -0.05) is 179 Å². The van der Waals surface area contributed by atoms with Gasteiger partial charge < -0.3 is 4.90 Å². The Kier molecular flexibility index (Phi) is 8.26. The SMILES string of the molecule is CC1(C)c2cc(N(c3ccc(-c4ccccc4)cc3)c3ccc4c(c3)C(C)(C)c3ccc5c(c3-4)Sc3ccccc3[Si]5(C)C)ccc2-c2c1ccc1c2Sc2ccccc2S1. The largest absolute Gasteiger partial charge is 0.310 e. The quantitative estimate of drug-likeness (QED) is 0.162. The first-order chi connectivity index (χ1) is 29.5. The first kappa shape index (κ1) is 37.6. The van der Waals surface area contributed by atoms with E-state index in [2.05, 4.69) is 209 Å². The van der Waals surface area contributed by atoms with Crippen molar-refractivity contribution in [1.82, 2.24) is 0 Å². The summed E-state index contributed by atoms with van der Waals surface area (Å²) in [4.78, 5) is 10.8. The average Bonchev–Trinajstić information content (AvgIpc) is 3.65. The molecule has 0 bridgehead atoms. The van der Waals surface area contributed by atoms with Gasteiger partial charge in [-0.05, 0) is 121 Å². The lowest BCUT2D eigenvalue weighted by Gasteiger charge is -2.34. The van der Waals surface area contributed by atoms with Crippen molar-refractivity contribution in [1.29, 1.82) is 0 Å². The van der Waals surface area contributed by atoms with E-state index in [4.69, 9.17) is 0 Å². The van der Waals surface area contributed by atoms with Crippen molar-refractivity contribution in [2.24, 2.45) is 0 Å². The van der Waals surface area contributed by atoms with Crippen molar-refractivity contribution in [2.75, 3.05) is 4.90 Å². The first-order valence-electron chi connectivity index (χ1n) is 21.3. The van der Waals surface area contributed by atoms with Crippen LogP contribution < -0.4 is 15.3 Å². The number of benzene rings is 8. The normalized spacial score (nSPS) is 16.2. The lowest BCUT2D eigenvalue weighted by Crippen LogP contribution is -2.56. The molecule has 0 saturated heterocycles. The van der Waals surface area contributed by atoms with Crippen molar-refractivity contribution in [2.45, 2.75) is 81.0 Å². The summed E-state index contributed by atoms with van der Waals surface area (Å²) in [5, 5.41) is 3.12. The molecule has 61 heavy (non-hydrogen) atoms. The highest BCUT2D eigenvalue weighted by Crippen LogP contribution is 2.60. The Bertz CT molecular complexity index is 3150. The monoisotopic (exact) mass is 855 g/mol. The zero-order chi connectivity index (χ0) is 41.4. The summed E-state index contributed by atoms with van der Waals surface area (Å²) >= 11 is 5.83. The molecule has 2 aliphatic heterocycles. The zero-order valence-electron chi connectivity index (χ0n) is 35.3. The van der Waals surface area contributed by atoms with Crippen LogP contribution in [0.1, 0.15) is 49.9 Å². The predicted octanol–water partition coefficient (Wildman–Crippen LogP) is 15.3. The van der Waals surface area contributed by atoms with Gasteiger partial charge in [0.1, 0.15) is 8.07 Å². The summed E-state index contributed by atoms with van der Waals surface area (Å²) in [5.41, 5.74) is 16.9. The van der Waals surface area contributed by atoms with Gasteiger partial charge in [-0.15, -0.1) is 0 Å². The molecule has 2 aliphatic carbocycles. The molecular formula is C56H45NS3Si. The van der Waals surface area contributed by atoms with Crippen LogP contribution in [0, 0.1) is 0 Å². The maximum Gasteiger partial charge on any atom is 0.115 e. The summed E-state index contributed by atoms with van der Waals surface area (Å²) in [6.07, 6.45) is 0. The Morgan fingerprint density at radius 2 is 0.902 bits per heavy atom. The van der Waals surface area contributed by atoms with E-state index in [0.29, 0.717) is 0 Å². The predicted molar refractivity (Wildman–Crippen MR) is 264 cm³/mol. The molecule has 8 aromatic rings. The zero-order valence-corrected chi connectivity index (χ0v) is 38.7. The molecule has 0 spiro atoms. The average molecular weight is 856 g/mol. The molecule has 0 fully saturated rings. The lowest BCUT2D eigenvalue weighted by atomic mass is 9.82. The highest BCUT2D eigenvalue weighted by Gasteiger charge is 2.44. The second kappa shape index (κ2) is 13.4. The van der Waals surface area contributed by atoms with E-state index >= 15 is 0 Å². The Morgan fingerprint density at radius 1 is 0.393 bits per heavy atom. The van der Waals surface area contributed by atoms with Crippen LogP contribution >= 0.6 is 35.3 Å². The third kappa shape index (κ3) is 5.50. The number of hydrogen-bond donors (Lipinski definition) is 0. The van der Waals surface area contributed by atoms with E-state index in [1.165, 1.54) is 96.4 Å². The van der Waals surface area contributed by atoms with Gasteiger partial charge in [-0.2, -0.15) is 0 Å². The molecule has 2 heterocycles. The maximum absolute atomic E-state index is 2.53. The Labute approximate surface area is 373 Å². The van der Waals surface area contributed by atoms with E-state index < -0.39 is 8.07 Å². The van der Waals surface area contributed by atoms with E-state index in [1.54, 1.807) is 10.4 Å². The maximum atomic E-state index is 2.53. The number of fused-ring (bicyclic) bond motifs is 12. The molecular weight excluding hydrogens is 811 g/mol. The molecule has 5 heteroatoms. The van der Waals surface area contributed by atoms with Crippen molar-refractivity contribution in [3.8, 4) is 33.4 Å². The standard InChI is InChI=1S/C56H45NS3Si/c1-55(2)41-28-30-48-53(59-46-17-11-10-16-45(46)58-48)51(41)39-26-24-37(32-43(39)55)57(36-22-20-35(21-23-36)34-14-8-7-9-15-34)38-25-27-40-44(33-38)56(3,4)42-29-31-50-54(52(40)42)60-47-18-12-13-19-49(47)61(50,5)6/h7-33H,1-6H3. The number of rotatable bonds is 4. The van der Waals surface area contributed by atoms with Crippen LogP contribution in [-0.2, 0) is 10.8 Å². The van der Waals surface area contributed by atoms with Crippen molar-refractivity contribution < 1.29 is 0 Å². The molecule has 4 aliphatic rings. The van der Waals surface area contributed by atoms with Gasteiger partial charge in [0.2, 0.25) is 0 Å². The minimum absolute atomic E-state index is 0.156. The van der Waals surface area contributed by atoms with Crippen molar-refractivity contribution in [3.63, 3.8) is 0 Å². The Morgan fingerprint density at radius 3 is 1.56 bits per heavy atom. The lowest BCUT2D eigenvalue weighted by molar-refractivity contribution is 0.658. The van der Waals surface area contributed by atoms with Crippen LogP contribution in [0.3, 0.4) is 0 Å². The number of anilines is 3. The third-order valence-corrected chi connectivity index (χ3v) is 21.7. The van der Waals surface area contributed by atoms with Gasteiger partial charge in [0.05, 0.1) is 0 Å². The van der Waals surface area contributed by atoms with Gasteiger partial charge in [-0.25, -0.2) is 0 Å². The van der Waals surface area contributed by atoms with E-state index in [1.807, 2.05) is 35.3 Å². The molecule has 0 amide bonds. The molecule has 12 rings (SSSR count). The van der Waals surface area contributed by atoms with E-state index in [0.717, 1.165) is 5.69 Å². The third-order valence-electron chi connectivity index (χ3n) is 14.0. The van der Waals surface area contributed by atoms with E-state index in [-0.39, 0.29) is 10.8 Å². The Balaban J connectivity index is 1.01. The topological polar surface area (TPSA) is 3.24 Å². The van der Waals surface area contributed by atoms with Gasteiger partial charge in [-0.3, -0.25) is 0 Å².